The van der Waals surface area contributed by atoms with Gasteiger partial charge in [-0.05, 0) is 36.8 Å². The topological polar surface area (TPSA) is 87.3 Å². The summed E-state index contributed by atoms with van der Waals surface area (Å²) >= 11 is 5.77. The quantitative estimate of drug-likeness (QED) is 0.712. The molecule has 1 atom stereocenters. The molecule has 0 saturated heterocycles. The summed E-state index contributed by atoms with van der Waals surface area (Å²) in [6, 6.07) is 14.6. The number of rotatable bonds is 5. The number of amides is 3. The molecule has 0 heterocycles. The standard InChI is InChI=1S/C18H18ClN3O3/c1-12(20-18(25)14-7-9-15(19)10-8-14)17(24)22-21-16(23)11-13-5-3-2-4-6-13/h2-10,12H,11H2,1H3,(H,20,25)(H,21,23)(H,22,24)/t12-/m1/s1. The minimum atomic E-state index is -0.819. The first-order valence-corrected chi connectivity index (χ1v) is 8.02. The van der Waals surface area contributed by atoms with Crippen molar-refractivity contribution in [3.05, 3.63) is 70.7 Å². The van der Waals surface area contributed by atoms with E-state index >= 15 is 0 Å². The van der Waals surface area contributed by atoms with Crippen molar-refractivity contribution < 1.29 is 14.4 Å². The van der Waals surface area contributed by atoms with E-state index in [0.717, 1.165) is 5.56 Å². The van der Waals surface area contributed by atoms with E-state index in [2.05, 4.69) is 16.2 Å². The molecule has 0 aliphatic rings. The highest BCUT2D eigenvalue weighted by molar-refractivity contribution is 6.30. The average Bonchev–Trinajstić information content (AvgIpc) is 2.61. The molecular weight excluding hydrogens is 342 g/mol. The van der Waals surface area contributed by atoms with Crippen molar-refractivity contribution in [2.45, 2.75) is 19.4 Å². The van der Waals surface area contributed by atoms with Gasteiger partial charge in [0.25, 0.3) is 11.8 Å². The number of halogens is 1. The molecule has 0 spiro atoms. The highest BCUT2D eigenvalue weighted by Crippen LogP contribution is 2.09. The molecule has 6 nitrogen and oxygen atoms in total. The Hall–Kier alpha value is -2.86. The van der Waals surface area contributed by atoms with Crippen molar-refractivity contribution in [1.82, 2.24) is 16.2 Å². The van der Waals surface area contributed by atoms with Crippen LogP contribution < -0.4 is 16.2 Å². The zero-order valence-corrected chi connectivity index (χ0v) is 14.3. The smallest absolute Gasteiger partial charge is 0.260 e. The number of carbonyl (C=O) groups is 3. The van der Waals surface area contributed by atoms with Gasteiger partial charge in [0, 0.05) is 10.6 Å². The van der Waals surface area contributed by atoms with Crippen LogP contribution in [-0.4, -0.2) is 23.8 Å². The maximum absolute atomic E-state index is 12.0. The fourth-order valence-corrected chi connectivity index (χ4v) is 2.14. The minimum Gasteiger partial charge on any atom is -0.340 e. The van der Waals surface area contributed by atoms with Gasteiger partial charge in [0.15, 0.2) is 0 Å². The molecule has 0 aliphatic carbocycles. The van der Waals surface area contributed by atoms with E-state index in [1.165, 1.54) is 6.92 Å². The molecule has 0 bridgehead atoms. The number of hydrogen-bond donors (Lipinski definition) is 3. The van der Waals surface area contributed by atoms with Crippen LogP contribution in [0.2, 0.25) is 5.02 Å². The number of benzene rings is 2. The summed E-state index contributed by atoms with van der Waals surface area (Å²) in [7, 11) is 0. The molecule has 0 fully saturated rings. The van der Waals surface area contributed by atoms with Crippen LogP contribution in [0.25, 0.3) is 0 Å². The van der Waals surface area contributed by atoms with E-state index in [4.69, 9.17) is 11.6 Å². The highest BCUT2D eigenvalue weighted by atomic mass is 35.5. The summed E-state index contributed by atoms with van der Waals surface area (Å²) in [6.07, 6.45) is 0.145. The fraction of sp³-hybridized carbons (Fsp3) is 0.167. The second-order valence-corrected chi connectivity index (χ2v) is 5.84. The van der Waals surface area contributed by atoms with Crippen LogP contribution in [0.5, 0.6) is 0 Å². The number of hydrogen-bond acceptors (Lipinski definition) is 3. The Kier molecular flexibility index (Phi) is 6.54. The van der Waals surface area contributed by atoms with Crippen molar-refractivity contribution in [1.29, 1.82) is 0 Å². The lowest BCUT2D eigenvalue weighted by Gasteiger charge is -2.14. The van der Waals surface area contributed by atoms with Gasteiger partial charge in [0.05, 0.1) is 6.42 Å². The molecule has 3 amide bonds. The summed E-state index contributed by atoms with van der Waals surface area (Å²) in [5.41, 5.74) is 5.84. The van der Waals surface area contributed by atoms with Gasteiger partial charge in [0.2, 0.25) is 5.91 Å². The Morgan fingerprint density at radius 2 is 1.60 bits per heavy atom. The van der Waals surface area contributed by atoms with Crippen LogP contribution in [0.3, 0.4) is 0 Å². The van der Waals surface area contributed by atoms with Crippen LogP contribution in [0.15, 0.2) is 54.6 Å². The summed E-state index contributed by atoms with van der Waals surface area (Å²) in [4.78, 5) is 35.8. The van der Waals surface area contributed by atoms with Gasteiger partial charge in [0.1, 0.15) is 6.04 Å². The van der Waals surface area contributed by atoms with E-state index in [-0.39, 0.29) is 12.3 Å². The highest BCUT2D eigenvalue weighted by Gasteiger charge is 2.17. The van der Waals surface area contributed by atoms with Crippen molar-refractivity contribution in [3.8, 4) is 0 Å². The lowest BCUT2D eigenvalue weighted by molar-refractivity contribution is -0.129. The molecule has 0 saturated carbocycles. The first-order chi connectivity index (χ1) is 12.0. The Morgan fingerprint density at radius 3 is 2.24 bits per heavy atom. The summed E-state index contributed by atoms with van der Waals surface area (Å²) in [6.45, 7) is 1.52. The van der Waals surface area contributed by atoms with Gasteiger partial charge in [-0.15, -0.1) is 0 Å². The predicted octanol–water partition coefficient (Wildman–Crippen LogP) is 1.85. The molecule has 0 unspecified atom stereocenters. The van der Waals surface area contributed by atoms with Crippen LogP contribution in [0, 0.1) is 0 Å². The van der Waals surface area contributed by atoms with Crippen LogP contribution >= 0.6 is 11.6 Å². The number of hydrazine groups is 1. The Bertz CT molecular complexity index is 748. The molecule has 2 aromatic rings. The van der Waals surface area contributed by atoms with E-state index < -0.39 is 17.9 Å². The molecule has 0 radical (unpaired) electrons. The van der Waals surface area contributed by atoms with Crippen molar-refractivity contribution in [2.24, 2.45) is 0 Å². The molecule has 0 aliphatic heterocycles. The Balaban J connectivity index is 1.78. The van der Waals surface area contributed by atoms with E-state index in [0.29, 0.717) is 10.6 Å². The zero-order valence-electron chi connectivity index (χ0n) is 13.6. The Labute approximate surface area is 150 Å². The lowest BCUT2D eigenvalue weighted by atomic mass is 10.1. The fourth-order valence-electron chi connectivity index (χ4n) is 2.01. The largest absolute Gasteiger partial charge is 0.340 e. The maximum Gasteiger partial charge on any atom is 0.260 e. The van der Waals surface area contributed by atoms with Crippen LogP contribution in [0.1, 0.15) is 22.8 Å². The molecule has 25 heavy (non-hydrogen) atoms. The third kappa shape index (κ3) is 5.93. The second-order valence-electron chi connectivity index (χ2n) is 5.40. The second kappa shape index (κ2) is 8.84. The predicted molar refractivity (Wildman–Crippen MR) is 94.8 cm³/mol. The molecule has 2 rings (SSSR count). The van der Waals surface area contributed by atoms with Gasteiger partial charge >= 0.3 is 0 Å². The van der Waals surface area contributed by atoms with Gasteiger partial charge < -0.3 is 5.32 Å². The summed E-state index contributed by atoms with van der Waals surface area (Å²) in [5, 5.41) is 3.06. The van der Waals surface area contributed by atoms with Gasteiger partial charge in [-0.25, -0.2) is 0 Å². The van der Waals surface area contributed by atoms with Gasteiger partial charge in [-0.1, -0.05) is 41.9 Å². The molecule has 7 heteroatoms. The first kappa shape index (κ1) is 18.5. The summed E-state index contributed by atoms with van der Waals surface area (Å²) < 4.78 is 0. The Morgan fingerprint density at radius 1 is 0.960 bits per heavy atom. The summed E-state index contributed by atoms with van der Waals surface area (Å²) in [5.74, 6) is -1.28. The third-order valence-corrected chi connectivity index (χ3v) is 3.63. The monoisotopic (exact) mass is 359 g/mol. The molecule has 130 valence electrons. The van der Waals surface area contributed by atoms with E-state index in [9.17, 15) is 14.4 Å². The van der Waals surface area contributed by atoms with Crippen molar-refractivity contribution in [3.63, 3.8) is 0 Å². The lowest BCUT2D eigenvalue weighted by Crippen LogP contribution is -2.51. The van der Waals surface area contributed by atoms with Crippen molar-refractivity contribution >= 4 is 29.3 Å². The average molecular weight is 360 g/mol. The first-order valence-electron chi connectivity index (χ1n) is 7.65. The molecule has 0 aromatic heterocycles. The van der Waals surface area contributed by atoms with Crippen LogP contribution in [-0.2, 0) is 16.0 Å². The SMILES string of the molecule is C[C@@H](NC(=O)c1ccc(Cl)cc1)C(=O)NNC(=O)Cc1ccccc1. The maximum atomic E-state index is 12.0. The van der Waals surface area contributed by atoms with Gasteiger partial charge in [-0.3, -0.25) is 25.2 Å². The molecule has 2 aromatic carbocycles. The van der Waals surface area contributed by atoms with Crippen LogP contribution in [0.4, 0.5) is 0 Å². The minimum absolute atomic E-state index is 0.145. The van der Waals surface area contributed by atoms with Crippen molar-refractivity contribution in [2.75, 3.05) is 0 Å². The zero-order chi connectivity index (χ0) is 18.2. The van der Waals surface area contributed by atoms with E-state index in [1.807, 2.05) is 30.3 Å². The van der Waals surface area contributed by atoms with Gasteiger partial charge in [-0.2, -0.15) is 0 Å². The molecular formula is C18H18ClN3O3. The number of carbonyl (C=O) groups excluding carboxylic acids is 3. The number of nitrogens with one attached hydrogen (secondary N) is 3. The third-order valence-electron chi connectivity index (χ3n) is 3.38. The van der Waals surface area contributed by atoms with E-state index in [1.54, 1.807) is 24.3 Å². The molecule has 3 N–H and O–H groups in total. The normalized spacial score (nSPS) is 11.3.